The fourth-order valence-electron chi connectivity index (χ4n) is 5.63. The van der Waals surface area contributed by atoms with Gasteiger partial charge in [0, 0.05) is 36.4 Å². The van der Waals surface area contributed by atoms with Gasteiger partial charge in [0.05, 0.1) is 38.2 Å². The highest BCUT2D eigenvalue weighted by Gasteiger charge is 2.52. The molecule has 1 saturated heterocycles. The van der Waals surface area contributed by atoms with E-state index in [0.29, 0.717) is 48.5 Å². The van der Waals surface area contributed by atoms with Gasteiger partial charge in [-0.1, -0.05) is 30.3 Å². The van der Waals surface area contributed by atoms with E-state index in [1.807, 2.05) is 30.3 Å². The van der Waals surface area contributed by atoms with Crippen molar-refractivity contribution < 1.29 is 38.8 Å². The number of rotatable bonds is 9. The third-order valence-corrected chi connectivity index (χ3v) is 7.53. The summed E-state index contributed by atoms with van der Waals surface area (Å²) < 4.78 is 17.2. The maximum atomic E-state index is 13.8. The minimum atomic E-state index is -1.20. The molecule has 2 heterocycles. The van der Waals surface area contributed by atoms with Crippen molar-refractivity contribution in [3.05, 3.63) is 70.8 Å². The van der Waals surface area contributed by atoms with E-state index in [9.17, 15) is 24.6 Å². The van der Waals surface area contributed by atoms with E-state index in [1.165, 1.54) is 13.2 Å². The number of carbonyl (C=O) groups excluding carboxylic acids is 3. The average molecular weight is 537 g/mol. The van der Waals surface area contributed by atoms with E-state index in [4.69, 9.17) is 14.2 Å². The summed E-state index contributed by atoms with van der Waals surface area (Å²) in [6, 6.07) is 11.7. The van der Waals surface area contributed by atoms with Gasteiger partial charge in [-0.15, -0.1) is 0 Å². The largest absolute Gasteiger partial charge is 0.493 e. The van der Waals surface area contributed by atoms with Gasteiger partial charge in [0.15, 0.2) is 11.5 Å². The van der Waals surface area contributed by atoms with Crippen LogP contribution in [0, 0.1) is 5.92 Å². The van der Waals surface area contributed by atoms with E-state index < -0.39 is 30.1 Å². The van der Waals surface area contributed by atoms with Crippen molar-refractivity contribution in [2.24, 2.45) is 5.92 Å². The smallest absolute Gasteiger partial charge is 0.247 e. The van der Waals surface area contributed by atoms with Gasteiger partial charge in [0.25, 0.3) is 0 Å². The number of ether oxygens (including phenoxy) is 3. The van der Waals surface area contributed by atoms with Crippen molar-refractivity contribution in [3.8, 4) is 11.5 Å². The number of nitrogens with one attached hydrogen (secondary N) is 1. The summed E-state index contributed by atoms with van der Waals surface area (Å²) in [5.41, 5.74) is 2.02. The van der Waals surface area contributed by atoms with Gasteiger partial charge in [-0.25, -0.2) is 0 Å². The molecule has 5 atom stereocenters. The lowest BCUT2D eigenvalue weighted by molar-refractivity contribution is -0.142. The number of hydrogen-bond acceptors (Lipinski definition) is 8. The zero-order valence-electron chi connectivity index (χ0n) is 21.6. The van der Waals surface area contributed by atoms with Crippen LogP contribution in [0.1, 0.15) is 33.8 Å². The van der Waals surface area contributed by atoms with Gasteiger partial charge in [-0.3, -0.25) is 14.4 Å². The molecular formula is C29H32N2O8. The summed E-state index contributed by atoms with van der Waals surface area (Å²) in [4.78, 5) is 40.5. The summed E-state index contributed by atoms with van der Waals surface area (Å²) in [6.07, 6.45) is 0.744. The van der Waals surface area contributed by atoms with Crippen LogP contribution in [-0.4, -0.2) is 84.9 Å². The highest BCUT2D eigenvalue weighted by molar-refractivity contribution is 5.96. The van der Waals surface area contributed by atoms with Crippen LogP contribution in [0.3, 0.4) is 0 Å². The molecule has 10 heteroatoms. The van der Waals surface area contributed by atoms with E-state index in [0.717, 1.165) is 5.56 Å². The van der Waals surface area contributed by atoms with Crippen LogP contribution in [-0.2, 0) is 20.9 Å². The van der Waals surface area contributed by atoms with Crippen molar-refractivity contribution in [3.63, 3.8) is 0 Å². The number of amides is 2. The number of aliphatic hydroxyl groups is 2. The van der Waals surface area contributed by atoms with E-state index in [2.05, 4.69) is 5.32 Å². The van der Waals surface area contributed by atoms with Gasteiger partial charge in [-0.2, -0.15) is 0 Å². The van der Waals surface area contributed by atoms with Crippen molar-refractivity contribution in [1.82, 2.24) is 10.2 Å². The van der Waals surface area contributed by atoms with Crippen LogP contribution in [0.2, 0.25) is 0 Å². The lowest BCUT2D eigenvalue weighted by Crippen LogP contribution is -2.56. The topological polar surface area (TPSA) is 135 Å². The minimum Gasteiger partial charge on any atom is -0.493 e. The number of aldehydes is 1. The van der Waals surface area contributed by atoms with Crippen LogP contribution in [0.5, 0.6) is 11.5 Å². The number of hydrogen-bond donors (Lipinski definition) is 3. The summed E-state index contributed by atoms with van der Waals surface area (Å²) >= 11 is 0. The first-order valence-electron chi connectivity index (χ1n) is 13.0. The molecular weight excluding hydrogens is 504 g/mol. The lowest BCUT2D eigenvalue weighted by Gasteiger charge is -2.41. The number of methoxy groups -OCH3 is 1. The molecule has 0 spiro atoms. The van der Waals surface area contributed by atoms with E-state index in [1.54, 1.807) is 17.0 Å². The van der Waals surface area contributed by atoms with E-state index >= 15 is 0 Å². The Kier molecular flexibility index (Phi) is 7.97. The molecule has 39 heavy (non-hydrogen) atoms. The van der Waals surface area contributed by atoms with Crippen molar-refractivity contribution in [2.45, 2.75) is 37.1 Å². The molecule has 1 unspecified atom stereocenters. The molecule has 3 N–H and O–H groups in total. The quantitative estimate of drug-likeness (QED) is 0.407. The highest BCUT2D eigenvalue weighted by Crippen LogP contribution is 2.51. The van der Waals surface area contributed by atoms with Gasteiger partial charge < -0.3 is 34.6 Å². The average Bonchev–Trinajstić information content (AvgIpc) is 3.64. The molecule has 5 rings (SSSR count). The van der Waals surface area contributed by atoms with Crippen molar-refractivity contribution in [1.29, 1.82) is 0 Å². The maximum absolute atomic E-state index is 13.8. The monoisotopic (exact) mass is 536 g/mol. The molecule has 0 saturated carbocycles. The number of nitrogens with zero attached hydrogens (tertiary/aromatic N) is 1. The SMILES string of the molecule is COc1cc(C=O)cc2c1O[C@@H]1[C@@H](O)[C@H](N(Cc3ccccc3)C(=O)C3CCOC3)C=C(C(=O)NCCO)[C@H]21. The first kappa shape index (κ1) is 26.9. The Balaban J connectivity index is 1.60. The predicted octanol–water partition coefficient (Wildman–Crippen LogP) is 1.20. The third kappa shape index (κ3) is 5.15. The Morgan fingerprint density at radius 1 is 1.23 bits per heavy atom. The molecule has 1 aliphatic carbocycles. The van der Waals surface area contributed by atoms with Gasteiger partial charge in [0.2, 0.25) is 11.8 Å². The Bertz CT molecular complexity index is 1260. The summed E-state index contributed by atoms with van der Waals surface area (Å²) in [6.45, 7) is 0.756. The van der Waals surface area contributed by atoms with Gasteiger partial charge in [0.1, 0.15) is 18.5 Å². The van der Waals surface area contributed by atoms with Crippen LogP contribution in [0.15, 0.2) is 54.1 Å². The molecule has 2 amide bonds. The third-order valence-electron chi connectivity index (χ3n) is 7.53. The van der Waals surface area contributed by atoms with Gasteiger partial charge >= 0.3 is 0 Å². The van der Waals surface area contributed by atoms with Crippen LogP contribution in [0.4, 0.5) is 0 Å². The van der Waals surface area contributed by atoms with Crippen LogP contribution >= 0.6 is 0 Å². The molecule has 0 radical (unpaired) electrons. The second kappa shape index (κ2) is 11.6. The summed E-state index contributed by atoms with van der Waals surface area (Å²) in [5, 5.41) is 23.7. The normalized spacial score (nSPS) is 25.1. The Labute approximate surface area is 226 Å². The molecule has 2 aromatic carbocycles. The molecule has 2 aromatic rings. The number of fused-ring (bicyclic) bond motifs is 3. The number of benzene rings is 2. The molecule has 0 bridgehead atoms. The number of carbonyl (C=O) groups is 3. The van der Waals surface area contributed by atoms with Crippen LogP contribution < -0.4 is 14.8 Å². The minimum absolute atomic E-state index is 0.0261. The summed E-state index contributed by atoms with van der Waals surface area (Å²) in [5.74, 6) is -1.08. The zero-order valence-corrected chi connectivity index (χ0v) is 21.6. The maximum Gasteiger partial charge on any atom is 0.247 e. The first-order valence-corrected chi connectivity index (χ1v) is 13.0. The van der Waals surface area contributed by atoms with E-state index in [-0.39, 0.29) is 37.1 Å². The highest BCUT2D eigenvalue weighted by atomic mass is 16.5. The zero-order chi connectivity index (χ0) is 27.5. The second-order valence-corrected chi connectivity index (χ2v) is 9.91. The second-order valence-electron chi connectivity index (χ2n) is 9.91. The van der Waals surface area contributed by atoms with Gasteiger partial charge in [-0.05, 0) is 30.2 Å². The number of aliphatic hydroxyl groups excluding tert-OH is 2. The molecule has 3 aliphatic rings. The fourth-order valence-corrected chi connectivity index (χ4v) is 5.63. The first-order chi connectivity index (χ1) is 19.0. The fraction of sp³-hybridized carbons (Fsp3) is 0.414. The molecule has 2 aliphatic heterocycles. The molecule has 206 valence electrons. The molecule has 1 fully saturated rings. The molecule has 10 nitrogen and oxygen atoms in total. The Hall–Kier alpha value is -3.73. The van der Waals surface area contributed by atoms with Crippen LogP contribution in [0.25, 0.3) is 0 Å². The molecule has 0 aromatic heterocycles. The van der Waals surface area contributed by atoms with Crippen molar-refractivity contribution in [2.75, 3.05) is 33.5 Å². The predicted molar refractivity (Wildman–Crippen MR) is 139 cm³/mol. The standard InChI is InChI=1S/C29H32N2O8/c1-37-23-12-18(15-33)11-20-24-21(28(35)30-8-9-32)13-22(25(34)27(24)39-26(20)23)31(14-17-5-3-2-4-6-17)29(36)19-7-10-38-16-19/h2-6,11-13,15,19,22,24-25,27,32,34H,7-10,14,16H2,1H3,(H,30,35)/t19?,22-,24+,25+,27+/m1/s1. The van der Waals surface area contributed by atoms with Crippen molar-refractivity contribution >= 4 is 18.1 Å². The summed E-state index contributed by atoms with van der Waals surface area (Å²) in [7, 11) is 1.45. The lowest BCUT2D eigenvalue weighted by atomic mass is 9.77. The Morgan fingerprint density at radius 3 is 2.69 bits per heavy atom. The Morgan fingerprint density at radius 2 is 2.03 bits per heavy atom.